The van der Waals surface area contributed by atoms with E-state index in [1.165, 1.54) is 17.7 Å². The van der Waals surface area contributed by atoms with Crippen molar-refractivity contribution >= 4 is 22.9 Å². The number of nitrogens with zero attached hydrogens (tertiary/aromatic N) is 2. The lowest BCUT2D eigenvalue weighted by Crippen LogP contribution is -2.32. The number of para-hydroxylation sites is 2. The zero-order valence-corrected chi connectivity index (χ0v) is 17.1. The molecule has 1 atom stereocenters. The number of halogens is 3. The number of amides is 1. The molecular formula is C22H22F3N3O3. The fourth-order valence-electron chi connectivity index (χ4n) is 3.18. The smallest absolute Gasteiger partial charge is 0.449 e. The second kappa shape index (κ2) is 9.20. The van der Waals surface area contributed by atoms with Crippen LogP contribution in [0.4, 0.5) is 13.2 Å². The number of hydrogen-bond acceptors (Lipinski definition) is 4. The van der Waals surface area contributed by atoms with E-state index in [4.69, 9.17) is 4.74 Å². The van der Waals surface area contributed by atoms with Crippen LogP contribution in [-0.2, 0) is 33.5 Å². The van der Waals surface area contributed by atoms with Gasteiger partial charge in [0, 0.05) is 0 Å². The molecule has 0 fully saturated rings. The Morgan fingerprint density at radius 1 is 1.13 bits per heavy atom. The summed E-state index contributed by atoms with van der Waals surface area (Å²) in [7, 11) is 0. The highest BCUT2D eigenvalue weighted by Gasteiger charge is 2.38. The van der Waals surface area contributed by atoms with E-state index < -0.39 is 37.0 Å². The normalized spacial score (nSPS) is 12.5. The minimum atomic E-state index is -4.74. The molecule has 6 nitrogen and oxygen atoms in total. The standard InChI is InChI=1S/C22H22F3N3O3/c1-3-15-8-10-16(11-9-15)14(2)26-19(29)13-31-20(30)12-28-18-7-5-4-6-17(18)27-21(28)22(23,24)25/h4-11,14H,3,12-13H2,1-2H3,(H,26,29). The highest BCUT2D eigenvalue weighted by atomic mass is 19.4. The van der Waals surface area contributed by atoms with Gasteiger partial charge < -0.3 is 14.6 Å². The van der Waals surface area contributed by atoms with Crippen LogP contribution in [0.2, 0.25) is 0 Å². The van der Waals surface area contributed by atoms with E-state index in [0.717, 1.165) is 16.6 Å². The third-order valence-electron chi connectivity index (χ3n) is 4.83. The van der Waals surface area contributed by atoms with Crippen molar-refractivity contribution < 1.29 is 27.5 Å². The van der Waals surface area contributed by atoms with Crippen LogP contribution in [0.25, 0.3) is 11.0 Å². The first-order valence-corrected chi connectivity index (χ1v) is 9.75. The molecule has 1 amide bonds. The zero-order valence-electron chi connectivity index (χ0n) is 17.1. The van der Waals surface area contributed by atoms with Gasteiger partial charge in [0.05, 0.1) is 17.1 Å². The number of esters is 1. The average Bonchev–Trinajstić information content (AvgIpc) is 3.11. The van der Waals surface area contributed by atoms with Gasteiger partial charge in [-0.2, -0.15) is 13.2 Å². The molecule has 1 unspecified atom stereocenters. The van der Waals surface area contributed by atoms with E-state index in [2.05, 4.69) is 10.3 Å². The Labute approximate surface area is 177 Å². The minimum Gasteiger partial charge on any atom is -0.454 e. The summed E-state index contributed by atoms with van der Waals surface area (Å²) in [5.41, 5.74) is 2.32. The maximum Gasteiger partial charge on any atom is 0.449 e. The molecule has 0 spiro atoms. The SMILES string of the molecule is CCc1ccc(C(C)NC(=O)COC(=O)Cn2c(C(F)(F)F)nc3ccccc32)cc1. The molecule has 1 N–H and O–H groups in total. The lowest BCUT2D eigenvalue weighted by Gasteiger charge is -2.15. The quantitative estimate of drug-likeness (QED) is 0.571. The highest BCUT2D eigenvalue weighted by molar-refractivity contribution is 5.82. The topological polar surface area (TPSA) is 73.2 Å². The van der Waals surface area contributed by atoms with Crippen molar-refractivity contribution in [2.75, 3.05) is 6.61 Å². The Kier molecular flexibility index (Phi) is 6.62. The molecule has 2 aromatic carbocycles. The Morgan fingerprint density at radius 2 is 1.81 bits per heavy atom. The Morgan fingerprint density at radius 3 is 2.45 bits per heavy atom. The van der Waals surface area contributed by atoms with Gasteiger partial charge in [0.25, 0.3) is 5.91 Å². The van der Waals surface area contributed by atoms with Crippen molar-refractivity contribution in [3.8, 4) is 0 Å². The fourth-order valence-corrected chi connectivity index (χ4v) is 3.18. The number of alkyl halides is 3. The Hall–Kier alpha value is -3.36. The first-order chi connectivity index (χ1) is 14.7. The van der Waals surface area contributed by atoms with Gasteiger partial charge in [0.1, 0.15) is 6.54 Å². The zero-order chi connectivity index (χ0) is 22.6. The number of benzene rings is 2. The largest absolute Gasteiger partial charge is 0.454 e. The fraction of sp³-hybridized carbons (Fsp3) is 0.318. The van der Waals surface area contributed by atoms with E-state index in [1.807, 2.05) is 31.2 Å². The molecule has 1 heterocycles. The molecule has 0 bridgehead atoms. The van der Waals surface area contributed by atoms with Gasteiger partial charge in [0.15, 0.2) is 6.61 Å². The summed E-state index contributed by atoms with van der Waals surface area (Å²) in [5, 5.41) is 2.70. The number of aromatic nitrogens is 2. The number of ether oxygens (including phenoxy) is 1. The second-order valence-corrected chi connectivity index (χ2v) is 7.05. The third-order valence-corrected chi connectivity index (χ3v) is 4.83. The van der Waals surface area contributed by atoms with E-state index in [9.17, 15) is 22.8 Å². The summed E-state index contributed by atoms with van der Waals surface area (Å²) < 4.78 is 45.6. The monoisotopic (exact) mass is 433 g/mol. The summed E-state index contributed by atoms with van der Waals surface area (Å²) in [6, 6.07) is 13.4. The van der Waals surface area contributed by atoms with E-state index in [1.54, 1.807) is 19.1 Å². The van der Waals surface area contributed by atoms with Crippen molar-refractivity contribution in [1.82, 2.24) is 14.9 Å². The number of fused-ring (bicyclic) bond motifs is 1. The van der Waals surface area contributed by atoms with Crippen LogP contribution >= 0.6 is 0 Å². The molecule has 3 rings (SSSR count). The van der Waals surface area contributed by atoms with Crippen LogP contribution in [0.1, 0.15) is 36.8 Å². The van der Waals surface area contributed by atoms with Crippen LogP contribution in [0, 0.1) is 0 Å². The molecule has 1 aromatic heterocycles. The number of carbonyl (C=O) groups excluding carboxylic acids is 2. The summed E-state index contributed by atoms with van der Waals surface area (Å²) in [5.74, 6) is -2.71. The van der Waals surface area contributed by atoms with Crippen LogP contribution in [0.5, 0.6) is 0 Å². The molecule has 164 valence electrons. The van der Waals surface area contributed by atoms with Crippen LogP contribution < -0.4 is 5.32 Å². The van der Waals surface area contributed by atoms with Crippen LogP contribution in [-0.4, -0.2) is 28.0 Å². The van der Waals surface area contributed by atoms with Gasteiger partial charge in [-0.25, -0.2) is 4.98 Å². The Balaban J connectivity index is 1.60. The van der Waals surface area contributed by atoms with Crippen molar-refractivity contribution in [2.45, 2.75) is 39.0 Å². The second-order valence-electron chi connectivity index (χ2n) is 7.05. The molecule has 0 radical (unpaired) electrons. The molecule has 0 saturated heterocycles. The molecule has 0 aliphatic rings. The van der Waals surface area contributed by atoms with Crippen LogP contribution in [0.15, 0.2) is 48.5 Å². The van der Waals surface area contributed by atoms with Gasteiger partial charge in [-0.3, -0.25) is 9.59 Å². The summed E-state index contributed by atoms with van der Waals surface area (Å²) in [6.45, 7) is 2.52. The van der Waals surface area contributed by atoms with Crippen LogP contribution in [0.3, 0.4) is 0 Å². The number of hydrogen-bond donors (Lipinski definition) is 1. The molecule has 31 heavy (non-hydrogen) atoms. The van der Waals surface area contributed by atoms with E-state index >= 15 is 0 Å². The summed E-state index contributed by atoms with van der Waals surface area (Å²) >= 11 is 0. The lowest BCUT2D eigenvalue weighted by molar-refractivity contribution is -0.153. The number of nitrogens with one attached hydrogen (secondary N) is 1. The average molecular weight is 433 g/mol. The summed E-state index contributed by atoms with van der Waals surface area (Å²) in [4.78, 5) is 27.8. The van der Waals surface area contributed by atoms with Crippen molar-refractivity contribution in [3.63, 3.8) is 0 Å². The third kappa shape index (κ3) is 5.42. The number of carbonyl (C=O) groups is 2. The molecule has 0 aliphatic carbocycles. The predicted molar refractivity (Wildman–Crippen MR) is 108 cm³/mol. The number of aryl methyl sites for hydroxylation is 1. The minimum absolute atomic E-state index is 0.114. The highest BCUT2D eigenvalue weighted by Crippen LogP contribution is 2.31. The molecule has 0 aliphatic heterocycles. The number of rotatable bonds is 7. The summed E-state index contributed by atoms with van der Waals surface area (Å²) in [6.07, 6.45) is -3.83. The van der Waals surface area contributed by atoms with Crippen molar-refractivity contribution in [3.05, 3.63) is 65.5 Å². The molecular weight excluding hydrogens is 411 g/mol. The van der Waals surface area contributed by atoms with Gasteiger partial charge in [-0.15, -0.1) is 0 Å². The molecule has 9 heteroatoms. The van der Waals surface area contributed by atoms with Gasteiger partial charge >= 0.3 is 12.1 Å². The Bertz CT molecular complexity index is 1080. The van der Waals surface area contributed by atoms with Gasteiger partial charge in [-0.1, -0.05) is 43.3 Å². The van der Waals surface area contributed by atoms with E-state index in [0.29, 0.717) is 0 Å². The van der Waals surface area contributed by atoms with Crippen molar-refractivity contribution in [2.24, 2.45) is 0 Å². The maximum absolute atomic E-state index is 13.3. The molecule has 3 aromatic rings. The van der Waals surface area contributed by atoms with E-state index in [-0.39, 0.29) is 17.1 Å². The number of imidazole rings is 1. The first kappa shape index (κ1) is 22.3. The van der Waals surface area contributed by atoms with Crippen molar-refractivity contribution in [1.29, 1.82) is 0 Å². The van der Waals surface area contributed by atoms with Gasteiger partial charge in [-0.05, 0) is 36.6 Å². The molecule has 0 saturated carbocycles. The maximum atomic E-state index is 13.3. The van der Waals surface area contributed by atoms with Gasteiger partial charge in [0.2, 0.25) is 5.82 Å². The predicted octanol–water partition coefficient (Wildman–Crippen LogP) is 4.04. The first-order valence-electron chi connectivity index (χ1n) is 9.75. The lowest BCUT2D eigenvalue weighted by atomic mass is 10.1.